The van der Waals surface area contributed by atoms with Crippen molar-refractivity contribution in [1.29, 1.82) is 0 Å². The minimum Gasteiger partial charge on any atom is -0.497 e. The molecule has 0 atom stereocenters. The lowest BCUT2D eigenvalue weighted by Gasteiger charge is -2.03. The van der Waals surface area contributed by atoms with Crippen molar-refractivity contribution in [2.24, 2.45) is 0 Å². The lowest BCUT2D eigenvalue weighted by Crippen LogP contribution is -2.12. The van der Waals surface area contributed by atoms with Gasteiger partial charge < -0.3 is 4.74 Å². The Morgan fingerprint density at radius 3 is 2.86 bits per heavy atom. The number of carbonyl (C=O) groups is 1. The summed E-state index contributed by atoms with van der Waals surface area (Å²) in [6.07, 6.45) is 0. The number of rotatable bonds is 7. The predicted octanol–water partition coefficient (Wildman–Crippen LogP) is 4.31. The lowest BCUT2D eigenvalue weighted by atomic mass is 10.1. The Balaban J connectivity index is 1.63. The number of aryl methyl sites for hydroxylation is 1. The molecule has 0 saturated heterocycles. The van der Waals surface area contributed by atoms with Crippen LogP contribution >= 0.6 is 23.1 Å². The molecule has 1 amide bonds. The molecular formula is C18H16N4O4S2. The number of nitro groups is 1. The molecule has 28 heavy (non-hydrogen) atoms. The van der Waals surface area contributed by atoms with Crippen molar-refractivity contribution >= 4 is 39.8 Å². The van der Waals surface area contributed by atoms with Crippen LogP contribution < -0.4 is 10.1 Å². The van der Waals surface area contributed by atoms with Crippen molar-refractivity contribution in [1.82, 2.24) is 10.2 Å². The molecule has 1 heterocycles. The van der Waals surface area contributed by atoms with E-state index in [9.17, 15) is 14.9 Å². The number of aromatic nitrogens is 2. The average molecular weight is 416 g/mol. The zero-order valence-electron chi connectivity index (χ0n) is 15.0. The van der Waals surface area contributed by atoms with Crippen molar-refractivity contribution in [3.63, 3.8) is 0 Å². The molecule has 1 aromatic heterocycles. The number of carbonyl (C=O) groups excluding carboxylic acids is 1. The quantitative estimate of drug-likeness (QED) is 0.265. The maximum atomic E-state index is 12.3. The summed E-state index contributed by atoms with van der Waals surface area (Å²) in [5.41, 5.74) is 1.67. The smallest absolute Gasteiger partial charge is 0.273 e. The summed E-state index contributed by atoms with van der Waals surface area (Å²) in [7, 11) is 1.62. The van der Waals surface area contributed by atoms with Crippen LogP contribution in [0.15, 0.2) is 46.8 Å². The highest BCUT2D eigenvalue weighted by Gasteiger charge is 2.16. The predicted molar refractivity (Wildman–Crippen MR) is 108 cm³/mol. The number of hydrogen-bond donors (Lipinski definition) is 1. The van der Waals surface area contributed by atoms with Gasteiger partial charge in [-0.1, -0.05) is 41.3 Å². The van der Waals surface area contributed by atoms with Crippen LogP contribution in [-0.2, 0) is 5.75 Å². The number of ether oxygens (including phenoxy) is 1. The number of methoxy groups -OCH3 is 1. The van der Waals surface area contributed by atoms with Crippen molar-refractivity contribution < 1.29 is 14.5 Å². The van der Waals surface area contributed by atoms with E-state index < -0.39 is 10.8 Å². The molecule has 0 aliphatic heterocycles. The van der Waals surface area contributed by atoms with Gasteiger partial charge in [0.05, 0.1) is 12.0 Å². The second-order valence-corrected chi connectivity index (χ2v) is 7.93. The van der Waals surface area contributed by atoms with E-state index in [1.54, 1.807) is 20.1 Å². The van der Waals surface area contributed by atoms with E-state index in [2.05, 4.69) is 15.5 Å². The third-order valence-electron chi connectivity index (χ3n) is 3.79. The number of benzene rings is 2. The van der Waals surface area contributed by atoms with Crippen LogP contribution in [0.5, 0.6) is 5.75 Å². The maximum Gasteiger partial charge on any atom is 0.273 e. The highest BCUT2D eigenvalue weighted by atomic mass is 32.2. The van der Waals surface area contributed by atoms with Crippen molar-refractivity contribution in [3.05, 3.63) is 69.3 Å². The first-order chi connectivity index (χ1) is 13.5. The normalized spacial score (nSPS) is 10.5. The van der Waals surface area contributed by atoms with Crippen LogP contribution in [0.2, 0.25) is 0 Å². The van der Waals surface area contributed by atoms with Crippen molar-refractivity contribution in [3.8, 4) is 5.75 Å². The maximum absolute atomic E-state index is 12.3. The van der Waals surface area contributed by atoms with Gasteiger partial charge in [-0.05, 0) is 30.7 Å². The molecule has 144 valence electrons. The first-order valence-electron chi connectivity index (χ1n) is 8.12. The highest BCUT2D eigenvalue weighted by molar-refractivity contribution is 8.00. The number of thioether (sulfide) groups is 1. The summed E-state index contributed by atoms with van der Waals surface area (Å²) in [6.45, 7) is 1.62. The number of nitrogens with zero attached hydrogens (tertiary/aromatic N) is 3. The Bertz CT molecular complexity index is 1020. The number of nitro benzene ring substituents is 1. The van der Waals surface area contributed by atoms with Gasteiger partial charge in [0.2, 0.25) is 5.13 Å². The van der Waals surface area contributed by atoms with E-state index in [0.717, 1.165) is 11.3 Å². The largest absolute Gasteiger partial charge is 0.497 e. The van der Waals surface area contributed by atoms with E-state index in [1.165, 1.54) is 35.2 Å². The molecule has 0 saturated carbocycles. The summed E-state index contributed by atoms with van der Waals surface area (Å²) in [4.78, 5) is 22.9. The third kappa shape index (κ3) is 4.84. The zero-order valence-corrected chi connectivity index (χ0v) is 16.7. The molecule has 0 spiro atoms. The summed E-state index contributed by atoms with van der Waals surface area (Å²) in [5, 5.41) is 22.0. The Morgan fingerprint density at radius 1 is 1.29 bits per heavy atom. The SMILES string of the molecule is COc1cccc(CSc2nnc(NC(=O)c3ccc(C)c([N+](=O)[O-])c3)s2)c1. The van der Waals surface area contributed by atoms with Crippen LogP contribution in [0.1, 0.15) is 21.5 Å². The molecule has 0 aliphatic rings. The van der Waals surface area contributed by atoms with Gasteiger partial charge in [-0.15, -0.1) is 10.2 Å². The van der Waals surface area contributed by atoms with Crippen LogP contribution in [0.4, 0.5) is 10.8 Å². The van der Waals surface area contributed by atoms with Crippen molar-refractivity contribution in [2.75, 3.05) is 12.4 Å². The molecule has 3 rings (SSSR count). The highest BCUT2D eigenvalue weighted by Crippen LogP contribution is 2.29. The van der Waals surface area contributed by atoms with Gasteiger partial charge in [-0.3, -0.25) is 20.2 Å². The molecule has 0 radical (unpaired) electrons. The molecule has 10 heteroatoms. The first kappa shape index (κ1) is 19.8. The molecule has 0 aliphatic carbocycles. The molecule has 0 bridgehead atoms. The van der Waals surface area contributed by atoms with E-state index in [-0.39, 0.29) is 11.3 Å². The number of anilines is 1. The van der Waals surface area contributed by atoms with E-state index in [1.807, 2.05) is 24.3 Å². The topological polar surface area (TPSA) is 107 Å². The van der Waals surface area contributed by atoms with Gasteiger partial charge >= 0.3 is 0 Å². The Labute approximate surface area is 169 Å². The van der Waals surface area contributed by atoms with Gasteiger partial charge in [-0.25, -0.2) is 0 Å². The van der Waals surface area contributed by atoms with E-state index in [4.69, 9.17) is 4.74 Å². The van der Waals surface area contributed by atoms with Crippen LogP contribution in [0.25, 0.3) is 0 Å². The fraction of sp³-hybridized carbons (Fsp3) is 0.167. The molecule has 3 aromatic rings. The van der Waals surface area contributed by atoms with Gasteiger partial charge in [0, 0.05) is 22.9 Å². The minimum atomic E-state index is -0.510. The standard InChI is InChI=1S/C18H16N4O4S2/c1-11-6-7-13(9-15(11)22(24)25)16(23)19-17-20-21-18(28-17)27-10-12-4-3-5-14(8-12)26-2/h3-9H,10H2,1-2H3,(H,19,20,23). The van der Waals surface area contributed by atoms with Crippen LogP contribution in [0, 0.1) is 17.0 Å². The lowest BCUT2D eigenvalue weighted by molar-refractivity contribution is -0.385. The molecule has 8 nitrogen and oxygen atoms in total. The summed E-state index contributed by atoms with van der Waals surface area (Å²) < 4.78 is 5.90. The van der Waals surface area contributed by atoms with Gasteiger partial charge in [0.1, 0.15) is 5.75 Å². The second-order valence-electron chi connectivity index (χ2n) is 5.73. The average Bonchev–Trinajstić information content (AvgIpc) is 3.14. The van der Waals surface area contributed by atoms with Crippen LogP contribution in [0.3, 0.4) is 0 Å². The fourth-order valence-electron chi connectivity index (χ4n) is 2.34. The molecule has 1 N–H and O–H groups in total. The number of nitrogens with one attached hydrogen (secondary N) is 1. The van der Waals surface area contributed by atoms with E-state index in [0.29, 0.717) is 20.8 Å². The minimum absolute atomic E-state index is 0.0977. The Kier molecular flexibility index (Phi) is 6.22. The molecular weight excluding hydrogens is 400 g/mol. The number of amides is 1. The van der Waals surface area contributed by atoms with Crippen molar-refractivity contribution in [2.45, 2.75) is 17.0 Å². The molecule has 0 unspecified atom stereocenters. The van der Waals surface area contributed by atoms with Gasteiger partial charge in [-0.2, -0.15) is 0 Å². The molecule has 2 aromatic carbocycles. The summed E-state index contributed by atoms with van der Waals surface area (Å²) in [6, 6.07) is 12.1. The Hall–Kier alpha value is -2.98. The van der Waals surface area contributed by atoms with Gasteiger partial charge in [0.15, 0.2) is 4.34 Å². The summed E-state index contributed by atoms with van der Waals surface area (Å²) in [5.74, 6) is 1.00. The number of hydrogen-bond acceptors (Lipinski definition) is 8. The zero-order chi connectivity index (χ0) is 20.1. The van der Waals surface area contributed by atoms with E-state index >= 15 is 0 Å². The summed E-state index contributed by atoms with van der Waals surface area (Å²) >= 11 is 2.74. The molecule has 0 fully saturated rings. The third-order valence-corrected chi connectivity index (χ3v) is 5.83. The Morgan fingerprint density at radius 2 is 2.11 bits per heavy atom. The second kappa shape index (κ2) is 8.81. The monoisotopic (exact) mass is 416 g/mol. The fourth-order valence-corrected chi connectivity index (χ4v) is 4.03. The van der Waals surface area contributed by atoms with Crippen LogP contribution in [-0.4, -0.2) is 28.1 Å². The first-order valence-corrected chi connectivity index (χ1v) is 9.92. The van der Waals surface area contributed by atoms with Gasteiger partial charge in [0.25, 0.3) is 11.6 Å².